The molecule has 0 heterocycles. The van der Waals surface area contributed by atoms with Crippen LogP contribution >= 0.6 is 0 Å². The molecule has 482 valence electrons. The Balaban J connectivity index is 3.36. The molecule has 82 heavy (non-hydrogen) atoms. The number of aliphatic hydroxyl groups excluding tert-OH is 2. The number of nitrogens with one attached hydrogen (secondary N) is 1. The van der Waals surface area contributed by atoms with E-state index < -0.39 is 12.1 Å². The quantitative estimate of drug-likeness (QED) is 0.0320. The van der Waals surface area contributed by atoms with Gasteiger partial charge in [-0.15, -0.1) is 0 Å². The smallest absolute Gasteiger partial charge is 0.305 e. The number of hydrogen-bond donors (Lipinski definition) is 3. The molecule has 0 saturated carbocycles. The number of ether oxygens (including phenoxy) is 1. The first-order chi connectivity index (χ1) is 40.5. The van der Waals surface area contributed by atoms with Crippen LogP contribution in [0.25, 0.3) is 0 Å². The molecule has 0 aromatic rings. The molecule has 6 heteroatoms. The van der Waals surface area contributed by atoms with Crippen LogP contribution in [-0.4, -0.2) is 47.4 Å². The molecule has 0 aromatic heterocycles. The second kappa shape index (κ2) is 71.3. The lowest BCUT2D eigenvalue weighted by Crippen LogP contribution is -2.45. The van der Waals surface area contributed by atoms with Crippen molar-refractivity contribution in [2.24, 2.45) is 0 Å². The molecule has 0 aromatic carbocycles. The average Bonchev–Trinajstić information content (AvgIpc) is 3.48. The van der Waals surface area contributed by atoms with Gasteiger partial charge >= 0.3 is 5.97 Å². The zero-order chi connectivity index (χ0) is 59.2. The Bertz CT molecular complexity index is 1370. The maximum Gasteiger partial charge on any atom is 0.305 e. The summed E-state index contributed by atoms with van der Waals surface area (Å²) in [4.78, 5) is 24.6. The fourth-order valence-corrected chi connectivity index (χ4v) is 11.5. The fourth-order valence-electron chi connectivity index (χ4n) is 11.5. The molecule has 0 bridgehead atoms. The van der Waals surface area contributed by atoms with E-state index in [1.165, 1.54) is 308 Å². The standard InChI is InChI=1S/C76H143NO5/c1-3-5-7-9-11-13-15-17-18-19-35-39-42-46-50-54-58-62-66-70-76(81)82-71-67-63-59-55-51-47-43-40-37-34-32-30-28-26-24-22-20-21-23-25-27-29-31-33-36-38-41-45-49-53-57-61-65-69-75(80)77-73(72-78)74(79)68-64-60-56-52-48-44-16-14-12-10-8-6-4-2/h11,13,17-18,24,26,30,32,73-74,78-79H,3-10,12,14-16,19-23,25,27-29,31,33-72H2,1-2H3,(H,77,80)/b13-11-,18-17-,26-24-,32-30-. The average molecular weight is 1150 g/mol. The summed E-state index contributed by atoms with van der Waals surface area (Å²) < 4.78 is 5.50. The second-order valence-corrected chi connectivity index (χ2v) is 25.3. The Morgan fingerprint density at radius 2 is 0.610 bits per heavy atom. The summed E-state index contributed by atoms with van der Waals surface area (Å²) in [6.07, 6.45) is 93.2. The zero-order valence-electron chi connectivity index (χ0n) is 55.2. The van der Waals surface area contributed by atoms with Gasteiger partial charge in [0.2, 0.25) is 5.91 Å². The van der Waals surface area contributed by atoms with Crippen LogP contribution in [-0.2, 0) is 14.3 Å². The second-order valence-electron chi connectivity index (χ2n) is 25.3. The summed E-state index contributed by atoms with van der Waals surface area (Å²) in [5.41, 5.74) is 0. The summed E-state index contributed by atoms with van der Waals surface area (Å²) in [7, 11) is 0. The molecular weight excluding hydrogens is 1010 g/mol. The molecule has 0 aliphatic heterocycles. The van der Waals surface area contributed by atoms with Gasteiger partial charge in [0.1, 0.15) is 0 Å². The lowest BCUT2D eigenvalue weighted by atomic mass is 10.0. The van der Waals surface area contributed by atoms with Crippen molar-refractivity contribution in [2.45, 2.75) is 411 Å². The molecule has 2 atom stereocenters. The third-order valence-electron chi connectivity index (χ3n) is 17.1. The minimum Gasteiger partial charge on any atom is -0.466 e. The van der Waals surface area contributed by atoms with Gasteiger partial charge in [0.25, 0.3) is 0 Å². The Morgan fingerprint density at radius 3 is 0.951 bits per heavy atom. The molecule has 0 rings (SSSR count). The highest BCUT2D eigenvalue weighted by Gasteiger charge is 2.20. The van der Waals surface area contributed by atoms with Gasteiger partial charge in [-0.1, -0.05) is 345 Å². The van der Waals surface area contributed by atoms with Crippen LogP contribution in [0.15, 0.2) is 48.6 Å². The van der Waals surface area contributed by atoms with Crippen LogP contribution in [0.3, 0.4) is 0 Å². The normalized spacial score (nSPS) is 12.8. The molecule has 0 saturated heterocycles. The molecule has 0 fully saturated rings. The lowest BCUT2D eigenvalue weighted by Gasteiger charge is -2.22. The monoisotopic (exact) mass is 1150 g/mol. The van der Waals surface area contributed by atoms with E-state index in [0.29, 0.717) is 25.9 Å². The Kier molecular flexibility index (Phi) is 69.4. The third kappa shape index (κ3) is 67.0. The van der Waals surface area contributed by atoms with E-state index in [1.54, 1.807) is 0 Å². The van der Waals surface area contributed by atoms with Crippen LogP contribution in [0, 0.1) is 0 Å². The number of unbranched alkanes of at least 4 members (excludes halogenated alkanes) is 50. The van der Waals surface area contributed by atoms with E-state index in [-0.39, 0.29) is 18.5 Å². The Labute approximate surface area is 512 Å². The maximum absolute atomic E-state index is 12.5. The number of rotatable bonds is 69. The van der Waals surface area contributed by atoms with E-state index in [1.807, 2.05) is 0 Å². The summed E-state index contributed by atoms with van der Waals surface area (Å²) in [5, 5.41) is 23.3. The van der Waals surface area contributed by atoms with Gasteiger partial charge < -0.3 is 20.3 Å². The number of esters is 1. The van der Waals surface area contributed by atoms with Crippen molar-refractivity contribution >= 4 is 11.9 Å². The third-order valence-corrected chi connectivity index (χ3v) is 17.1. The molecule has 0 aliphatic carbocycles. The molecule has 0 spiro atoms. The van der Waals surface area contributed by atoms with Crippen molar-refractivity contribution in [2.75, 3.05) is 13.2 Å². The maximum atomic E-state index is 12.5. The van der Waals surface area contributed by atoms with Crippen LogP contribution in [0.2, 0.25) is 0 Å². The largest absolute Gasteiger partial charge is 0.466 e. The predicted molar refractivity (Wildman–Crippen MR) is 361 cm³/mol. The highest BCUT2D eigenvalue weighted by molar-refractivity contribution is 5.76. The molecule has 2 unspecified atom stereocenters. The van der Waals surface area contributed by atoms with Gasteiger partial charge in [0, 0.05) is 12.8 Å². The van der Waals surface area contributed by atoms with Crippen molar-refractivity contribution < 1.29 is 24.5 Å². The minimum atomic E-state index is -0.663. The van der Waals surface area contributed by atoms with E-state index >= 15 is 0 Å². The minimum absolute atomic E-state index is 0.0106. The lowest BCUT2D eigenvalue weighted by molar-refractivity contribution is -0.143. The van der Waals surface area contributed by atoms with Crippen LogP contribution in [0.1, 0.15) is 399 Å². The topological polar surface area (TPSA) is 95.9 Å². The summed E-state index contributed by atoms with van der Waals surface area (Å²) in [6.45, 7) is 4.95. The van der Waals surface area contributed by atoms with Gasteiger partial charge in [0.15, 0.2) is 0 Å². The van der Waals surface area contributed by atoms with E-state index in [0.717, 1.165) is 57.8 Å². The SMILES string of the molecule is CCCCC/C=C\C/C=C\CCCCCCCCCCCC(=O)OCCCCCCCCCCC/C=C\C/C=C\CCCCCCCCCCCCCCCCCCCC(=O)NC(CO)C(O)CCCCCCCCCCCCCCC. The number of amides is 1. The first kappa shape index (κ1) is 79.8. The van der Waals surface area contributed by atoms with Gasteiger partial charge in [0.05, 0.1) is 25.4 Å². The molecule has 1 amide bonds. The molecule has 6 nitrogen and oxygen atoms in total. The van der Waals surface area contributed by atoms with Crippen LogP contribution < -0.4 is 5.32 Å². The Morgan fingerprint density at radius 1 is 0.341 bits per heavy atom. The van der Waals surface area contributed by atoms with Crippen LogP contribution in [0.5, 0.6) is 0 Å². The van der Waals surface area contributed by atoms with E-state index in [2.05, 4.69) is 67.8 Å². The first-order valence-electron chi connectivity index (χ1n) is 36.9. The highest BCUT2D eigenvalue weighted by Crippen LogP contribution is 2.19. The van der Waals surface area contributed by atoms with Gasteiger partial charge in [-0.05, 0) is 89.9 Å². The fraction of sp³-hybridized carbons (Fsp3) is 0.868. The van der Waals surface area contributed by atoms with Gasteiger partial charge in [-0.25, -0.2) is 0 Å². The number of hydrogen-bond acceptors (Lipinski definition) is 5. The molecule has 3 N–H and O–H groups in total. The van der Waals surface area contributed by atoms with Gasteiger partial charge in [-0.2, -0.15) is 0 Å². The summed E-state index contributed by atoms with van der Waals surface area (Å²) in [6, 6.07) is -0.540. The molecular formula is C76H143NO5. The first-order valence-corrected chi connectivity index (χ1v) is 36.9. The molecule has 0 radical (unpaired) electrons. The zero-order valence-corrected chi connectivity index (χ0v) is 55.2. The number of allylic oxidation sites excluding steroid dienone is 8. The van der Waals surface area contributed by atoms with Crippen molar-refractivity contribution in [1.82, 2.24) is 5.32 Å². The van der Waals surface area contributed by atoms with Crippen molar-refractivity contribution in [3.63, 3.8) is 0 Å². The van der Waals surface area contributed by atoms with Crippen LogP contribution in [0.4, 0.5) is 0 Å². The number of carbonyl (C=O) groups excluding carboxylic acids is 2. The van der Waals surface area contributed by atoms with E-state index in [9.17, 15) is 19.8 Å². The van der Waals surface area contributed by atoms with Crippen molar-refractivity contribution in [3.8, 4) is 0 Å². The van der Waals surface area contributed by atoms with Crippen molar-refractivity contribution in [3.05, 3.63) is 48.6 Å². The number of aliphatic hydroxyl groups is 2. The molecule has 0 aliphatic rings. The highest BCUT2D eigenvalue weighted by atomic mass is 16.5. The predicted octanol–water partition coefficient (Wildman–Crippen LogP) is 24.0. The van der Waals surface area contributed by atoms with Gasteiger partial charge in [-0.3, -0.25) is 9.59 Å². The van der Waals surface area contributed by atoms with E-state index in [4.69, 9.17) is 4.74 Å². The number of carbonyl (C=O) groups is 2. The summed E-state index contributed by atoms with van der Waals surface area (Å²) >= 11 is 0. The summed E-state index contributed by atoms with van der Waals surface area (Å²) in [5.74, 6) is -0.0209. The van der Waals surface area contributed by atoms with Crippen molar-refractivity contribution in [1.29, 1.82) is 0 Å². The Hall–Kier alpha value is -2.18.